The van der Waals surface area contributed by atoms with Crippen LogP contribution in [0.25, 0.3) is 22.5 Å². The molecule has 0 unspecified atom stereocenters. The van der Waals surface area contributed by atoms with Gasteiger partial charge in [0.25, 0.3) is 5.91 Å². The Morgan fingerprint density at radius 2 is 1.94 bits per heavy atom. The van der Waals surface area contributed by atoms with Crippen molar-refractivity contribution in [2.75, 3.05) is 11.5 Å². The Bertz CT molecular complexity index is 1400. The lowest BCUT2D eigenvalue weighted by atomic mass is 9.99. The number of hydrogen-bond acceptors (Lipinski definition) is 6. The third-order valence-corrected chi connectivity index (χ3v) is 5.76. The molecule has 34 heavy (non-hydrogen) atoms. The van der Waals surface area contributed by atoms with Gasteiger partial charge in [-0.1, -0.05) is 18.2 Å². The highest BCUT2D eigenvalue weighted by Gasteiger charge is 2.30. The van der Waals surface area contributed by atoms with E-state index in [1.807, 2.05) is 13.0 Å². The van der Waals surface area contributed by atoms with Gasteiger partial charge in [0, 0.05) is 24.2 Å². The molecule has 1 aliphatic heterocycles. The van der Waals surface area contributed by atoms with Crippen molar-refractivity contribution in [3.05, 3.63) is 77.4 Å². The number of aromatic nitrogens is 4. The third kappa shape index (κ3) is 3.80. The number of benzene rings is 2. The molecule has 9 heteroatoms. The standard InChI is InChI=1S/C25H22FN5O3/c1-3-34-23-10-17(19-7-6-18(26)11-21(19)24-29-27-14-30(24)2)9-22(28-23)31-12-16-5-4-15(13-32)8-20(16)25(31)33/h4-11,14,32H,3,12-13H2,1-2H3. The summed E-state index contributed by atoms with van der Waals surface area (Å²) >= 11 is 0. The topological polar surface area (TPSA) is 93.4 Å². The first-order chi connectivity index (χ1) is 16.5. The summed E-state index contributed by atoms with van der Waals surface area (Å²) < 4.78 is 21.6. The Morgan fingerprint density at radius 1 is 1.09 bits per heavy atom. The molecule has 172 valence electrons. The van der Waals surface area contributed by atoms with E-state index < -0.39 is 5.82 Å². The van der Waals surface area contributed by atoms with Gasteiger partial charge in [0.15, 0.2) is 5.82 Å². The Labute approximate surface area is 195 Å². The maximum Gasteiger partial charge on any atom is 0.260 e. The Balaban J connectivity index is 1.63. The number of amides is 1. The van der Waals surface area contributed by atoms with Gasteiger partial charge < -0.3 is 14.4 Å². The van der Waals surface area contributed by atoms with Crippen molar-refractivity contribution < 1.29 is 19.0 Å². The highest BCUT2D eigenvalue weighted by atomic mass is 19.1. The van der Waals surface area contributed by atoms with Gasteiger partial charge in [-0.2, -0.15) is 4.98 Å². The van der Waals surface area contributed by atoms with Crippen molar-refractivity contribution in [1.82, 2.24) is 19.7 Å². The number of fused-ring (bicyclic) bond motifs is 1. The fourth-order valence-electron chi connectivity index (χ4n) is 4.12. The summed E-state index contributed by atoms with van der Waals surface area (Å²) in [5.74, 6) is 0.673. The predicted molar refractivity (Wildman–Crippen MR) is 124 cm³/mol. The third-order valence-electron chi connectivity index (χ3n) is 5.76. The molecule has 1 N–H and O–H groups in total. The van der Waals surface area contributed by atoms with Crippen LogP contribution in [0, 0.1) is 5.82 Å². The average Bonchev–Trinajstić information content (AvgIpc) is 3.41. The van der Waals surface area contributed by atoms with Gasteiger partial charge >= 0.3 is 0 Å². The number of halogens is 1. The van der Waals surface area contributed by atoms with E-state index in [4.69, 9.17) is 4.74 Å². The van der Waals surface area contributed by atoms with Crippen molar-refractivity contribution in [3.63, 3.8) is 0 Å². The van der Waals surface area contributed by atoms with E-state index in [1.165, 1.54) is 12.1 Å². The molecule has 0 atom stereocenters. The molecule has 1 aliphatic rings. The van der Waals surface area contributed by atoms with Gasteiger partial charge in [-0.3, -0.25) is 9.69 Å². The van der Waals surface area contributed by atoms with Gasteiger partial charge in [-0.15, -0.1) is 10.2 Å². The molecule has 0 saturated carbocycles. The van der Waals surface area contributed by atoms with E-state index in [9.17, 15) is 14.3 Å². The molecule has 0 aliphatic carbocycles. The number of aliphatic hydroxyl groups excluding tert-OH is 1. The maximum absolute atomic E-state index is 14.2. The Kier molecular flexibility index (Phi) is 5.54. The van der Waals surface area contributed by atoms with Gasteiger partial charge in [0.05, 0.1) is 19.8 Å². The number of anilines is 1. The van der Waals surface area contributed by atoms with Crippen LogP contribution in [0.15, 0.2) is 54.9 Å². The largest absolute Gasteiger partial charge is 0.478 e. The van der Waals surface area contributed by atoms with Crippen LogP contribution in [-0.4, -0.2) is 37.4 Å². The molecule has 1 amide bonds. The van der Waals surface area contributed by atoms with Crippen LogP contribution in [0.4, 0.5) is 10.2 Å². The van der Waals surface area contributed by atoms with Crippen LogP contribution >= 0.6 is 0 Å². The molecule has 0 saturated heterocycles. The Hall–Kier alpha value is -4.11. The molecule has 2 aromatic carbocycles. The van der Waals surface area contributed by atoms with Crippen LogP contribution in [-0.2, 0) is 20.2 Å². The van der Waals surface area contributed by atoms with Crippen molar-refractivity contribution in [2.45, 2.75) is 20.1 Å². The zero-order chi connectivity index (χ0) is 23.8. The lowest BCUT2D eigenvalue weighted by molar-refractivity contribution is 0.0995. The van der Waals surface area contributed by atoms with Crippen LogP contribution in [0.3, 0.4) is 0 Å². The summed E-state index contributed by atoms with van der Waals surface area (Å²) in [5, 5.41) is 17.5. The summed E-state index contributed by atoms with van der Waals surface area (Å²) in [7, 11) is 1.79. The average molecular weight is 459 g/mol. The number of hydrogen-bond donors (Lipinski definition) is 1. The van der Waals surface area contributed by atoms with Gasteiger partial charge in [0.1, 0.15) is 18.0 Å². The maximum atomic E-state index is 14.2. The molecule has 8 nitrogen and oxygen atoms in total. The van der Waals surface area contributed by atoms with Crippen molar-refractivity contribution in [3.8, 4) is 28.4 Å². The fraction of sp³-hybridized carbons (Fsp3) is 0.200. The van der Waals surface area contributed by atoms with Crippen LogP contribution in [0.2, 0.25) is 0 Å². The Morgan fingerprint density at radius 3 is 2.68 bits per heavy atom. The number of ether oxygens (including phenoxy) is 1. The van der Waals surface area contributed by atoms with E-state index >= 15 is 0 Å². The van der Waals surface area contributed by atoms with Crippen molar-refractivity contribution >= 4 is 11.7 Å². The number of aliphatic hydroxyl groups is 1. The van der Waals surface area contributed by atoms with Crippen molar-refractivity contribution in [2.24, 2.45) is 7.05 Å². The molecular weight excluding hydrogens is 437 g/mol. The zero-order valence-electron chi connectivity index (χ0n) is 18.7. The normalized spacial score (nSPS) is 12.8. The van der Waals surface area contributed by atoms with Crippen LogP contribution in [0.1, 0.15) is 28.4 Å². The van der Waals surface area contributed by atoms with E-state index in [-0.39, 0.29) is 12.5 Å². The fourth-order valence-corrected chi connectivity index (χ4v) is 4.12. The lowest BCUT2D eigenvalue weighted by Crippen LogP contribution is -2.24. The lowest BCUT2D eigenvalue weighted by Gasteiger charge is -2.18. The van der Waals surface area contributed by atoms with E-state index in [1.54, 1.807) is 53.2 Å². The number of aryl methyl sites for hydroxylation is 1. The molecule has 4 aromatic rings. The van der Waals surface area contributed by atoms with Crippen LogP contribution in [0.5, 0.6) is 5.88 Å². The number of carbonyl (C=O) groups excluding carboxylic acids is 1. The first-order valence-electron chi connectivity index (χ1n) is 10.8. The molecule has 2 aromatic heterocycles. The molecular formula is C25H22FN5O3. The van der Waals surface area contributed by atoms with E-state index in [0.717, 1.165) is 5.56 Å². The first-order valence-corrected chi connectivity index (χ1v) is 10.8. The number of rotatable bonds is 6. The monoisotopic (exact) mass is 459 g/mol. The minimum absolute atomic E-state index is 0.141. The van der Waals surface area contributed by atoms with Gasteiger partial charge in [-0.25, -0.2) is 4.39 Å². The van der Waals surface area contributed by atoms with Crippen LogP contribution < -0.4 is 9.64 Å². The summed E-state index contributed by atoms with van der Waals surface area (Å²) in [5.41, 5.74) is 4.03. The van der Waals surface area contributed by atoms with E-state index in [0.29, 0.717) is 58.5 Å². The molecule has 3 heterocycles. The second-order valence-electron chi connectivity index (χ2n) is 7.98. The first kappa shape index (κ1) is 21.7. The summed E-state index contributed by atoms with van der Waals surface area (Å²) in [6.07, 6.45) is 1.55. The molecule has 0 bridgehead atoms. The summed E-state index contributed by atoms with van der Waals surface area (Å²) in [6.45, 7) is 2.45. The van der Waals surface area contributed by atoms with Gasteiger partial charge in [0.2, 0.25) is 5.88 Å². The SMILES string of the molecule is CCOc1cc(-c2ccc(F)cc2-c2nncn2C)cc(N2Cc3ccc(CO)cc3C2=O)n1. The summed E-state index contributed by atoms with van der Waals surface area (Å²) in [4.78, 5) is 19.4. The summed E-state index contributed by atoms with van der Waals surface area (Å²) in [6, 6.07) is 13.4. The minimum Gasteiger partial charge on any atom is -0.478 e. The van der Waals surface area contributed by atoms with Gasteiger partial charge in [-0.05, 0) is 53.4 Å². The molecule has 5 rings (SSSR count). The quantitative estimate of drug-likeness (QED) is 0.472. The highest BCUT2D eigenvalue weighted by Crippen LogP contribution is 2.37. The number of nitrogens with zero attached hydrogens (tertiary/aromatic N) is 5. The van der Waals surface area contributed by atoms with Crippen molar-refractivity contribution in [1.29, 1.82) is 0 Å². The molecule has 0 fully saturated rings. The number of pyridine rings is 1. The van der Waals surface area contributed by atoms with E-state index in [2.05, 4.69) is 15.2 Å². The minimum atomic E-state index is -0.397. The number of carbonyl (C=O) groups is 1. The molecule has 0 spiro atoms. The molecule has 0 radical (unpaired) electrons. The second-order valence-corrected chi connectivity index (χ2v) is 7.98. The smallest absolute Gasteiger partial charge is 0.260 e. The zero-order valence-corrected chi connectivity index (χ0v) is 18.7. The second kappa shape index (κ2) is 8.68. The predicted octanol–water partition coefficient (Wildman–Crippen LogP) is 3.73. The highest BCUT2D eigenvalue weighted by molar-refractivity contribution is 6.10.